The van der Waals surface area contributed by atoms with Gasteiger partial charge in [0.2, 0.25) is 0 Å². The van der Waals surface area contributed by atoms with Crippen molar-refractivity contribution < 1.29 is 5.21 Å². The van der Waals surface area contributed by atoms with Crippen molar-refractivity contribution in [3.63, 3.8) is 0 Å². The van der Waals surface area contributed by atoms with Crippen LogP contribution in [-0.2, 0) is 0 Å². The number of amidine groups is 1. The van der Waals surface area contributed by atoms with Crippen molar-refractivity contribution in [2.24, 2.45) is 10.9 Å². The molecule has 0 heterocycles. The first-order valence-corrected chi connectivity index (χ1v) is 6.90. The zero-order valence-electron chi connectivity index (χ0n) is 12.7. The second kappa shape index (κ2) is 8.55. The maximum absolute atomic E-state index is 8.97. The maximum atomic E-state index is 8.97. The van der Waals surface area contributed by atoms with Gasteiger partial charge in [0.25, 0.3) is 0 Å². The van der Waals surface area contributed by atoms with E-state index in [1.807, 2.05) is 30.3 Å². The summed E-state index contributed by atoms with van der Waals surface area (Å²) in [6, 6.07) is 9.93. The van der Waals surface area contributed by atoms with Gasteiger partial charge in [-0.3, -0.25) is 0 Å². The van der Waals surface area contributed by atoms with Gasteiger partial charge in [-0.2, -0.15) is 0 Å². The molecule has 0 bridgehead atoms. The summed E-state index contributed by atoms with van der Waals surface area (Å²) in [5.41, 5.74) is 6.91. The minimum atomic E-state index is -0.0782. The highest BCUT2D eigenvalue weighted by Gasteiger charge is 2.18. The monoisotopic (exact) mass is 278 g/mol. The smallest absolute Gasteiger partial charge is 0.147 e. The van der Waals surface area contributed by atoms with E-state index in [9.17, 15) is 0 Å². The number of nitrogens with two attached hydrogens (primary N) is 1. The second-order valence-electron chi connectivity index (χ2n) is 5.41. The van der Waals surface area contributed by atoms with Crippen molar-refractivity contribution in [3.05, 3.63) is 35.9 Å². The third-order valence-corrected chi connectivity index (χ3v) is 3.31. The highest BCUT2D eigenvalue weighted by molar-refractivity contribution is 5.87. The van der Waals surface area contributed by atoms with Crippen LogP contribution < -0.4 is 5.73 Å². The molecule has 1 rings (SSSR count). The zero-order chi connectivity index (χ0) is 15.0. The van der Waals surface area contributed by atoms with Crippen LogP contribution in [0.15, 0.2) is 35.5 Å². The predicted molar refractivity (Wildman–Crippen MR) is 83.3 cm³/mol. The fourth-order valence-corrected chi connectivity index (χ4v) is 2.18. The molecule has 3 N–H and O–H groups in total. The molecule has 0 aliphatic carbocycles. The molecule has 5 nitrogen and oxygen atoms in total. The standard InChI is InChI=1S/C15H26N4O/c1-18(2)10-7-11-19(3)12-14(15(16)17-20)13-8-5-4-6-9-13/h4-6,8-9,14,20H,7,10-12H2,1-3H3,(H2,16,17). The SMILES string of the molecule is CN(C)CCCN(C)CC(C(N)=NO)c1ccccc1. The first-order chi connectivity index (χ1) is 9.54. The Hall–Kier alpha value is -1.59. The fraction of sp³-hybridized carbons (Fsp3) is 0.533. The summed E-state index contributed by atoms with van der Waals surface area (Å²) in [5, 5.41) is 12.2. The second-order valence-corrected chi connectivity index (χ2v) is 5.41. The third-order valence-electron chi connectivity index (χ3n) is 3.31. The molecule has 1 aromatic carbocycles. The highest BCUT2D eigenvalue weighted by atomic mass is 16.4. The number of likely N-dealkylation sites (N-methyl/N-ethyl adjacent to an activating group) is 1. The van der Waals surface area contributed by atoms with Crippen LogP contribution in [-0.4, -0.2) is 61.6 Å². The van der Waals surface area contributed by atoms with Crippen molar-refractivity contribution in [1.29, 1.82) is 0 Å². The minimum Gasteiger partial charge on any atom is -0.409 e. The Morgan fingerprint density at radius 3 is 2.40 bits per heavy atom. The van der Waals surface area contributed by atoms with Gasteiger partial charge in [-0.05, 0) is 46.2 Å². The van der Waals surface area contributed by atoms with E-state index in [2.05, 4.69) is 36.1 Å². The van der Waals surface area contributed by atoms with Crippen LogP contribution in [0.3, 0.4) is 0 Å². The maximum Gasteiger partial charge on any atom is 0.147 e. The van der Waals surface area contributed by atoms with E-state index in [0.29, 0.717) is 0 Å². The van der Waals surface area contributed by atoms with E-state index >= 15 is 0 Å². The lowest BCUT2D eigenvalue weighted by molar-refractivity contribution is 0.290. The first-order valence-electron chi connectivity index (χ1n) is 6.90. The van der Waals surface area contributed by atoms with Gasteiger partial charge in [-0.25, -0.2) is 0 Å². The Morgan fingerprint density at radius 1 is 1.20 bits per heavy atom. The van der Waals surface area contributed by atoms with E-state index in [-0.39, 0.29) is 11.8 Å². The molecule has 0 saturated heterocycles. The molecule has 0 saturated carbocycles. The summed E-state index contributed by atoms with van der Waals surface area (Å²) in [5.74, 6) is 0.182. The molecule has 0 radical (unpaired) electrons. The molecule has 0 aromatic heterocycles. The van der Waals surface area contributed by atoms with E-state index in [0.717, 1.165) is 31.6 Å². The highest BCUT2D eigenvalue weighted by Crippen LogP contribution is 2.17. The van der Waals surface area contributed by atoms with Gasteiger partial charge in [0, 0.05) is 6.54 Å². The van der Waals surface area contributed by atoms with Crippen LogP contribution in [0, 0.1) is 0 Å². The van der Waals surface area contributed by atoms with Gasteiger partial charge >= 0.3 is 0 Å². The van der Waals surface area contributed by atoms with Crippen LogP contribution in [0.2, 0.25) is 0 Å². The molecule has 112 valence electrons. The first kappa shape index (κ1) is 16.5. The third kappa shape index (κ3) is 5.59. The molecule has 0 aliphatic heterocycles. The molecule has 1 atom stereocenters. The Bertz CT molecular complexity index is 406. The molecular formula is C15H26N4O. The lowest BCUT2D eigenvalue weighted by Gasteiger charge is -2.24. The van der Waals surface area contributed by atoms with Crippen molar-refractivity contribution in [2.45, 2.75) is 12.3 Å². The van der Waals surface area contributed by atoms with Crippen LogP contribution in [0.1, 0.15) is 17.9 Å². The zero-order valence-corrected chi connectivity index (χ0v) is 12.7. The summed E-state index contributed by atoms with van der Waals surface area (Å²) in [4.78, 5) is 4.39. The normalized spacial score (nSPS) is 13.9. The number of hydrogen-bond donors (Lipinski definition) is 2. The molecule has 1 unspecified atom stereocenters. The minimum absolute atomic E-state index is 0.0782. The van der Waals surface area contributed by atoms with Gasteiger partial charge in [0.1, 0.15) is 5.84 Å². The number of oxime groups is 1. The van der Waals surface area contributed by atoms with Gasteiger partial charge in [0.15, 0.2) is 0 Å². The Kier molecular flexibility index (Phi) is 7.04. The van der Waals surface area contributed by atoms with Gasteiger partial charge < -0.3 is 20.7 Å². The fourth-order valence-electron chi connectivity index (χ4n) is 2.18. The van der Waals surface area contributed by atoms with Crippen LogP contribution in [0.25, 0.3) is 0 Å². The lowest BCUT2D eigenvalue weighted by atomic mass is 9.97. The van der Waals surface area contributed by atoms with Crippen LogP contribution in [0.5, 0.6) is 0 Å². The van der Waals surface area contributed by atoms with Crippen LogP contribution >= 0.6 is 0 Å². The summed E-state index contributed by atoms with van der Waals surface area (Å²) < 4.78 is 0. The molecule has 5 heteroatoms. The Balaban J connectivity index is 2.62. The molecule has 0 fully saturated rings. The molecule has 1 aromatic rings. The molecule has 0 amide bonds. The topological polar surface area (TPSA) is 65.1 Å². The van der Waals surface area contributed by atoms with Crippen LogP contribution in [0.4, 0.5) is 0 Å². The quantitative estimate of drug-likeness (QED) is 0.326. The summed E-state index contributed by atoms with van der Waals surface area (Å²) in [6.45, 7) is 2.79. The summed E-state index contributed by atoms with van der Waals surface area (Å²) in [6.07, 6.45) is 1.10. The van der Waals surface area contributed by atoms with Crippen molar-refractivity contribution in [3.8, 4) is 0 Å². The molecule has 20 heavy (non-hydrogen) atoms. The van der Waals surface area contributed by atoms with Crippen molar-refractivity contribution in [2.75, 3.05) is 40.8 Å². The van der Waals surface area contributed by atoms with Crippen molar-refractivity contribution in [1.82, 2.24) is 9.80 Å². The van der Waals surface area contributed by atoms with E-state index < -0.39 is 0 Å². The number of hydrogen-bond acceptors (Lipinski definition) is 4. The van der Waals surface area contributed by atoms with E-state index in [1.165, 1.54) is 0 Å². The average molecular weight is 278 g/mol. The van der Waals surface area contributed by atoms with Crippen molar-refractivity contribution >= 4 is 5.84 Å². The van der Waals surface area contributed by atoms with Gasteiger partial charge in [0.05, 0.1) is 5.92 Å². The van der Waals surface area contributed by atoms with E-state index in [1.54, 1.807) is 0 Å². The van der Waals surface area contributed by atoms with E-state index in [4.69, 9.17) is 10.9 Å². The lowest BCUT2D eigenvalue weighted by Crippen LogP contribution is -2.34. The average Bonchev–Trinajstić information content (AvgIpc) is 2.44. The Morgan fingerprint density at radius 2 is 1.85 bits per heavy atom. The van der Waals surface area contributed by atoms with Gasteiger partial charge in [-0.15, -0.1) is 0 Å². The number of rotatable bonds is 8. The summed E-state index contributed by atoms with van der Waals surface area (Å²) >= 11 is 0. The van der Waals surface area contributed by atoms with Gasteiger partial charge in [-0.1, -0.05) is 35.5 Å². The number of benzene rings is 1. The largest absolute Gasteiger partial charge is 0.409 e. The number of nitrogens with zero attached hydrogens (tertiary/aromatic N) is 3. The summed E-state index contributed by atoms with van der Waals surface area (Å²) in [7, 11) is 6.21. The molecular weight excluding hydrogens is 252 g/mol. The molecule has 0 aliphatic rings. The predicted octanol–water partition coefficient (Wildman–Crippen LogP) is 1.40. The Labute approximate surface area is 121 Å². The molecule has 0 spiro atoms.